The van der Waals surface area contributed by atoms with Gasteiger partial charge in [-0.25, -0.2) is 8.96 Å². The van der Waals surface area contributed by atoms with E-state index in [2.05, 4.69) is 17.8 Å². The second-order valence-corrected chi connectivity index (χ2v) is 7.62. The van der Waals surface area contributed by atoms with E-state index in [1.165, 1.54) is 16.1 Å². The minimum Gasteiger partial charge on any atom is -0.506 e. The van der Waals surface area contributed by atoms with Crippen molar-refractivity contribution in [1.82, 2.24) is 12.9 Å². The Morgan fingerprint density at radius 2 is 2.07 bits per heavy atom. The molecule has 2 aromatic heterocycles. The summed E-state index contributed by atoms with van der Waals surface area (Å²) >= 11 is 5.37. The second-order valence-electron chi connectivity index (χ2n) is 6.19. The van der Waals surface area contributed by atoms with Gasteiger partial charge in [0.05, 0.1) is 28.1 Å². The van der Waals surface area contributed by atoms with Crippen molar-refractivity contribution in [3.8, 4) is 23.1 Å². The van der Waals surface area contributed by atoms with Crippen molar-refractivity contribution < 1.29 is 9.90 Å². The fourth-order valence-electron chi connectivity index (χ4n) is 3.09. The molecular weight excluding hydrogens is 412 g/mol. The number of nitriles is 1. The SMILES string of the molecule is N#CCCn1sc2c(-c3nc4c(O)cc(C=O)cc4n(S)c3=O)cccc2c1=O. The topological polar surface area (TPSA) is 118 Å². The van der Waals surface area contributed by atoms with E-state index >= 15 is 0 Å². The van der Waals surface area contributed by atoms with Crippen LogP contribution in [0.2, 0.25) is 0 Å². The van der Waals surface area contributed by atoms with E-state index in [0.29, 0.717) is 21.9 Å². The summed E-state index contributed by atoms with van der Waals surface area (Å²) in [5, 5.41) is 19.5. The predicted octanol–water partition coefficient (Wildman–Crippen LogP) is 2.56. The zero-order valence-corrected chi connectivity index (χ0v) is 16.4. The summed E-state index contributed by atoms with van der Waals surface area (Å²) in [4.78, 5) is 40.9. The average Bonchev–Trinajstić information content (AvgIpc) is 3.05. The molecule has 2 heterocycles. The van der Waals surface area contributed by atoms with Crippen LogP contribution in [0.1, 0.15) is 16.8 Å². The van der Waals surface area contributed by atoms with Crippen LogP contribution in [0, 0.1) is 11.3 Å². The summed E-state index contributed by atoms with van der Waals surface area (Å²) in [7, 11) is 0. The molecule has 0 fully saturated rings. The Labute approximate surface area is 172 Å². The molecule has 144 valence electrons. The molecular formula is C19H12N4O4S2. The first kappa shape index (κ1) is 18.9. The van der Waals surface area contributed by atoms with Crippen LogP contribution >= 0.6 is 24.3 Å². The van der Waals surface area contributed by atoms with Gasteiger partial charge in [-0.05, 0) is 18.2 Å². The molecule has 0 aliphatic carbocycles. The molecule has 0 saturated heterocycles. The van der Waals surface area contributed by atoms with Gasteiger partial charge in [-0.2, -0.15) is 5.26 Å². The van der Waals surface area contributed by atoms with Crippen molar-refractivity contribution in [2.75, 3.05) is 0 Å². The van der Waals surface area contributed by atoms with Gasteiger partial charge in [0.15, 0.2) is 0 Å². The van der Waals surface area contributed by atoms with Crippen LogP contribution in [-0.2, 0) is 6.54 Å². The largest absolute Gasteiger partial charge is 0.506 e. The van der Waals surface area contributed by atoms with Crippen LogP contribution in [0.3, 0.4) is 0 Å². The lowest BCUT2D eigenvalue weighted by Crippen LogP contribution is -2.18. The number of carbonyl (C=O) groups is 1. The Hall–Kier alpha value is -3.42. The lowest BCUT2D eigenvalue weighted by Gasteiger charge is -2.09. The van der Waals surface area contributed by atoms with E-state index in [0.717, 1.165) is 15.5 Å². The van der Waals surface area contributed by atoms with Crippen molar-refractivity contribution in [1.29, 1.82) is 5.26 Å². The Kier molecular flexibility index (Phi) is 4.70. The highest BCUT2D eigenvalue weighted by Gasteiger charge is 2.19. The molecule has 29 heavy (non-hydrogen) atoms. The number of thiol groups is 1. The molecule has 0 bridgehead atoms. The standard InChI is InChI=1S/C19H12N4O4S2/c20-5-2-6-22-18(26)12-4-1-3-11(17(12)29-22)15-19(27)23(28)13-7-10(9-24)8-14(25)16(13)21-15/h1,3-4,7-9,25,28H,2,6H2. The van der Waals surface area contributed by atoms with Crippen LogP contribution in [0.5, 0.6) is 5.75 Å². The fraction of sp³-hybridized carbons (Fsp3) is 0.105. The second kappa shape index (κ2) is 7.20. The minimum atomic E-state index is -0.555. The third kappa shape index (κ3) is 3.00. The quantitative estimate of drug-likeness (QED) is 0.384. The van der Waals surface area contributed by atoms with Gasteiger partial charge in [0.1, 0.15) is 23.2 Å². The third-order valence-electron chi connectivity index (χ3n) is 4.43. The molecule has 0 amide bonds. The molecule has 0 aliphatic heterocycles. The minimum absolute atomic E-state index is 0.0148. The first-order valence-corrected chi connectivity index (χ1v) is 9.58. The highest BCUT2D eigenvalue weighted by Crippen LogP contribution is 2.31. The van der Waals surface area contributed by atoms with Crippen LogP contribution in [0.4, 0.5) is 0 Å². The first-order valence-electron chi connectivity index (χ1n) is 8.40. The number of rotatable bonds is 4. The first-order chi connectivity index (χ1) is 14.0. The number of aryl methyl sites for hydroxylation is 1. The third-order valence-corrected chi connectivity index (χ3v) is 6.02. The highest BCUT2D eigenvalue weighted by molar-refractivity contribution is 7.78. The van der Waals surface area contributed by atoms with Gasteiger partial charge >= 0.3 is 0 Å². The maximum absolute atomic E-state index is 12.9. The Morgan fingerprint density at radius 3 is 2.79 bits per heavy atom. The molecule has 0 unspecified atom stereocenters. The average molecular weight is 424 g/mol. The van der Waals surface area contributed by atoms with E-state index in [1.807, 2.05) is 6.07 Å². The molecule has 8 nitrogen and oxygen atoms in total. The maximum Gasteiger partial charge on any atom is 0.287 e. The smallest absolute Gasteiger partial charge is 0.287 e. The van der Waals surface area contributed by atoms with Crippen molar-refractivity contribution in [2.24, 2.45) is 0 Å². The normalized spacial score (nSPS) is 11.0. The van der Waals surface area contributed by atoms with E-state index in [9.17, 15) is 19.5 Å². The molecule has 4 aromatic rings. The maximum atomic E-state index is 12.9. The van der Waals surface area contributed by atoms with E-state index in [1.54, 1.807) is 18.2 Å². The Balaban J connectivity index is 2.04. The number of fused-ring (bicyclic) bond motifs is 2. The van der Waals surface area contributed by atoms with Gasteiger partial charge in [-0.3, -0.25) is 18.3 Å². The van der Waals surface area contributed by atoms with Gasteiger partial charge in [0.2, 0.25) is 0 Å². The lowest BCUT2D eigenvalue weighted by atomic mass is 10.1. The van der Waals surface area contributed by atoms with Crippen molar-refractivity contribution in [2.45, 2.75) is 13.0 Å². The summed E-state index contributed by atoms with van der Waals surface area (Å²) in [5.41, 5.74) is 0.119. The van der Waals surface area contributed by atoms with Crippen LogP contribution < -0.4 is 11.1 Å². The number of aromatic nitrogens is 3. The lowest BCUT2D eigenvalue weighted by molar-refractivity contribution is 0.112. The number of phenolic OH excluding ortho intramolecular Hbond substituents is 1. The molecule has 0 radical (unpaired) electrons. The molecule has 4 rings (SSSR count). The van der Waals surface area contributed by atoms with E-state index in [-0.39, 0.29) is 46.6 Å². The summed E-state index contributed by atoms with van der Waals surface area (Å²) in [5.74, 6) is -0.263. The van der Waals surface area contributed by atoms with Crippen LogP contribution in [-0.4, -0.2) is 24.3 Å². The number of hydrogen-bond donors (Lipinski definition) is 2. The molecule has 1 N–H and O–H groups in total. The summed E-state index contributed by atoms with van der Waals surface area (Å²) in [6.45, 7) is 0.255. The summed E-state index contributed by atoms with van der Waals surface area (Å²) in [6.07, 6.45) is 0.736. The highest BCUT2D eigenvalue weighted by atomic mass is 32.1. The molecule has 2 aromatic carbocycles. The number of nitrogens with zero attached hydrogens (tertiary/aromatic N) is 4. The van der Waals surface area contributed by atoms with Gasteiger partial charge in [-0.15, -0.1) is 0 Å². The van der Waals surface area contributed by atoms with Gasteiger partial charge in [0.25, 0.3) is 11.1 Å². The van der Waals surface area contributed by atoms with Gasteiger partial charge in [-0.1, -0.05) is 36.5 Å². The Bertz CT molecular complexity index is 1460. The molecule has 10 heteroatoms. The predicted molar refractivity (Wildman–Crippen MR) is 113 cm³/mol. The number of aldehydes is 1. The fourth-order valence-corrected chi connectivity index (χ4v) is 4.44. The van der Waals surface area contributed by atoms with Crippen molar-refractivity contribution >= 4 is 51.8 Å². The number of phenols is 1. The number of aromatic hydroxyl groups is 1. The van der Waals surface area contributed by atoms with Gasteiger partial charge < -0.3 is 5.11 Å². The summed E-state index contributed by atoms with van der Waals surface area (Å²) < 4.78 is 3.03. The molecule has 0 aliphatic rings. The van der Waals surface area contributed by atoms with Crippen molar-refractivity contribution in [3.63, 3.8) is 0 Å². The number of benzene rings is 2. The van der Waals surface area contributed by atoms with Gasteiger partial charge in [0, 0.05) is 17.7 Å². The zero-order chi connectivity index (χ0) is 20.7. The van der Waals surface area contributed by atoms with Crippen molar-refractivity contribution in [3.05, 3.63) is 56.6 Å². The van der Waals surface area contributed by atoms with Crippen LogP contribution in [0.15, 0.2) is 39.9 Å². The molecule has 0 saturated carbocycles. The van der Waals surface area contributed by atoms with E-state index in [4.69, 9.17) is 5.26 Å². The van der Waals surface area contributed by atoms with Crippen LogP contribution in [0.25, 0.3) is 32.4 Å². The number of carbonyl (C=O) groups excluding carboxylic acids is 1. The monoisotopic (exact) mass is 424 g/mol. The number of hydrogen-bond acceptors (Lipinski definition) is 8. The summed E-state index contributed by atoms with van der Waals surface area (Å²) in [6, 6.07) is 9.61. The van der Waals surface area contributed by atoms with E-state index < -0.39 is 5.56 Å². The molecule has 0 spiro atoms. The zero-order valence-electron chi connectivity index (χ0n) is 14.7. The molecule has 0 atom stereocenters. The Morgan fingerprint density at radius 1 is 1.28 bits per heavy atom.